The third kappa shape index (κ3) is 2.94. The first kappa shape index (κ1) is 15.2. The number of halogens is 2. The number of carbonyl (C=O) groups excluding carboxylic acids is 1. The van der Waals surface area contributed by atoms with Gasteiger partial charge in [-0.05, 0) is 38.5 Å². The van der Waals surface area contributed by atoms with Gasteiger partial charge in [-0.1, -0.05) is 6.07 Å². The highest BCUT2D eigenvalue weighted by Crippen LogP contribution is 2.18. The average molecular weight is 293 g/mol. The summed E-state index contributed by atoms with van der Waals surface area (Å²) in [7, 11) is 1.76. The molecule has 1 amide bonds. The third-order valence-electron chi connectivity index (χ3n) is 3.53. The fourth-order valence-electron chi connectivity index (χ4n) is 2.24. The molecule has 1 aromatic carbocycles. The zero-order valence-corrected chi connectivity index (χ0v) is 12.4. The van der Waals surface area contributed by atoms with Crippen molar-refractivity contribution in [3.63, 3.8) is 0 Å². The van der Waals surface area contributed by atoms with E-state index in [0.717, 1.165) is 17.8 Å². The second kappa shape index (κ2) is 5.63. The van der Waals surface area contributed by atoms with Crippen LogP contribution < -0.4 is 5.32 Å². The molecular formula is C15H17F2N3O. The van der Waals surface area contributed by atoms with Gasteiger partial charge in [-0.15, -0.1) is 0 Å². The lowest BCUT2D eigenvalue weighted by Gasteiger charge is -2.15. The molecule has 1 unspecified atom stereocenters. The van der Waals surface area contributed by atoms with Gasteiger partial charge in [0.15, 0.2) is 11.6 Å². The van der Waals surface area contributed by atoms with Crippen LogP contribution in [0.1, 0.15) is 40.3 Å². The Labute approximate surface area is 121 Å². The van der Waals surface area contributed by atoms with Gasteiger partial charge in [0, 0.05) is 12.7 Å². The number of amides is 1. The standard InChI is InChI=1S/C15H17F2N3O/c1-8(11-5-6-12(16)13(17)7-11)18-15(21)14-9(2)19-20(4)10(14)3/h5-8H,1-4H3,(H,18,21). The third-order valence-corrected chi connectivity index (χ3v) is 3.53. The molecule has 0 saturated carbocycles. The van der Waals surface area contributed by atoms with Crippen LogP contribution in [0.5, 0.6) is 0 Å². The number of rotatable bonds is 3. The molecule has 0 fully saturated rings. The second-order valence-corrected chi connectivity index (χ2v) is 5.04. The summed E-state index contributed by atoms with van der Waals surface area (Å²) < 4.78 is 27.8. The molecule has 0 aliphatic carbocycles. The molecule has 0 aliphatic rings. The van der Waals surface area contributed by atoms with Crippen LogP contribution in [-0.2, 0) is 7.05 Å². The minimum atomic E-state index is -0.928. The Morgan fingerprint density at radius 3 is 2.48 bits per heavy atom. The highest BCUT2D eigenvalue weighted by atomic mass is 19.2. The van der Waals surface area contributed by atoms with E-state index in [0.29, 0.717) is 16.8 Å². The fraction of sp³-hybridized carbons (Fsp3) is 0.333. The van der Waals surface area contributed by atoms with Gasteiger partial charge in [0.2, 0.25) is 0 Å². The summed E-state index contributed by atoms with van der Waals surface area (Å²) >= 11 is 0. The Morgan fingerprint density at radius 2 is 1.95 bits per heavy atom. The van der Waals surface area contributed by atoms with Gasteiger partial charge in [0.1, 0.15) is 0 Å². The molecule has 1 aromatic heterocycles. The maximum atomic E-state index is 13.2. The minimum Gasteiger partial charge on any atom is -0.345 e. The van der Waals surface area contributed by atoms with Crippen molar-refractivity contribution in [2.75, 3.05) is 0 Å². The van der Waals surface area contributed by atoms with E-state index in [1.807, 2.05) is 0 Å². The summed E-state index contributed by atoms with van der Waals surface area (Å²) in [4.78, 5) is 12.3. The Kier molecular flexibility index (Phi) is 4.06. The predicted molar refractivity (Wildman–Crippen MR) is 74.9 cm³/mol. The maximum Gasteiger partial charge on any atom is 0.255 e. The number of nitrogens with zero attached hydrogens (tertiary/aromatic N) is 2. The largest absolute Gasteiger partial charge is 0.345 e. The molecule has 0 spiro atoms. The molecule has 1 N–H and O–H groups in total. The summed E-state index contributed by atoms with van der Waals surface area (Å²) in [6.45, 7) is 5.27. The van der Waals surface area contributed by atoms with Crippen molar-refractivity contribution in [3.05, 3.63) is 52.3 Å². The van der Waals surface area contributed by atoms with Crippen LogP contribution in [0.3, 0.4) is 0 Å². The number of hydrogen-bond donors (Lipinski definition) is 1. The van der Waals surface area contributed by atoms with E-state index in [4.69, 9.17) is 0 Å². The number of aryl methyl sites for hydroxylation is 2. The predicted octanol–water partition coefficient (Wildman–Crippen LogP) is 2.81. The van der Waals surface area contributed by atoms with Crippen molar-refractivity contribution in [1.82, 2.24) is 15.1 Å². The smallest absolute Gasteiger partial charge is 0.255 e. The molecule has 4 nitrogen and oxygen atoms in total. The minimum absolute atomic E-state index is 0.282. The monoisotopic (exact) mass is 293 g/mol. The van der Waals surface area contributed by atoms with Gasteiger partial charge in [-0.25, -0.2) is 8.78 Å². The first-order valence-corrected chi connectivity index (χ1v) is 6.57. The van der Waals surface area contributed by atoms with E-state index < -0.39 is 17.7 Å². The lowest BCUT2D eigenvalue weighted by molar-refractivity contribution is 0.0938. The van der Waals surface area contributed by atoms with Gasteiger partial charge >= 0.3 is 0 Å². The average Bonchev–Trinajstić information content (AvgIpc) is 2.66. The molecule has 1 heterocycles. The molecule has 2 rings (SSSR count). The van der Waals surface area contributed by atoms with Crippen molar-refractivity contribution >= 4 is 5.91 Å². The first-order valence-electron chi connectivity index (χ1n) is 6.57. The molecule has 2 aromatic rings. The zero-order valence-electron chi connectivity index (χ0n) is 12.4. The number of hydrogen-bond acceptors (Lipinski definition) is 2. The zero-order chi connectivity index (χ0) is 15.7. The highest BCUT2D eigenvalue weighted by Gasteiger charge is 2.19. The topological polar surface area (TPSA) is 46.9 Å². The van der Waals surface area contributed by atoms with Crippen molar-refractivity contribution in [1.29, 1.82) is 0 Å². The van der Waals surface area contributed by atoms with Crippen LogP contribution in [0.15, 0.2) is 18.2 Å². The number of carbonyl (C=O) groups is 1. The molecular weight excluding hydrogens is 276 g/mol. The van der Waals surface area contributed by atoms with Crippen LogP contribution in [0.2, 0.25) is 0 Å². The Hall–Kier alpha value is -2.24. The maximum absolute atomic E-state index is 13.2. The van der Waals surface area contributed by atoms with Gasteiger partial charge < -0.3 is 5.32 Å². The number of nitrogens with one attached hydrogen (secondary N) is 1. The summed E-state index contributed by atoms with van der Waals surface area (Å²) in [5.74, 6) is -2.12. The molecule has 112 valence electrons. The van der Waals surface area contributed by atoms with E-state index in [1.165, 1.54) is 6.07 Å². The van der Waals surface area contributed by atoms with Gasteiger partial charge in [0.25, 0.3) is 5.91 Å². The molecule has 0 bridgehead atoms. The van der Waals surface area contributed by atoms with Crippen LogP contribution in [0, 0.1) is 25.5 Å². The Bertz CT molecular complexity index is 694. The van der Waals surface area contributed by atoms with Gasteiger partial charge in [0.05, 0.1) is 17.3 Å². The van der Waals surface area contributed by atoms with Gasteiger partial charge in [-0.3, -0.25) is 9.48 Å². The summed E-state index contributed by atoms with van der Waals surface area (Å²) in [6, 6.07) is 3.15. The Balaban J connectivity index is 2.20. The van der Waals surface area contributed by atoms with Crippen LogP contribution in [0.4, 0.5) is 8.78 Å². The summed E-state index contributed by atoms with van der Waals surface area (Å²) in [6.07, 6.45) is 0. The lowest BCUT2D eigenvalue weighted by Crippen LogP contribution is -2.27. The molecule has 6 heteroatoms. The van der Waals surface area contributed by atoms with Crippen molar-refractivity contribution < 1.29 is 13.6 Å². The van der Waals surface area contributed by atoms with Crippen LogP contribution in [0.25, 0.3) is 0 Å². The van der Waals surface area contributed by atoms with Crippen molar-refractivity contribution in [3.8, 4) is 0 Å². The van der Waals surface area contributed by atoms with Gasteiger partial charge in [-0.2, -0.15) is 5.10 Å². The fourth-order valence-corrected chi connectivity index (χ4v) is 2.24. The van der Waals surface area contributed by atoms with E-state index in [2.05, 4.69) is 10.4 Å². The van der Waals surface area contributed by atoms with E-state index in [1.54, 1.807) is 32.5 Å². The normalized spacial score (nSPS) is 12.3. The van der Waals surface area contributed by atoms with E-state index in [-0.39, 0.29) is 5.91 Å². The molecule has 0 aliphatic heterocycles. The number of aromatic nitrogens is 2. The highest BCUT2D eigenvalue weighted by molar-refractivity contribution is 5.96. The molecule has 1 atom stereocenters. The second-order valence-electron chi connectivity index (χ2n) is 5.04. The van der Waals surface area contributed by atoms with Crippen molar-refractivity contribution in [2.24, 2.45) is 7.05 Å². The summed E-state index contributed by atoms with van der Waals surface area (Å²) in [5.41, 5.74) is 2.39. The lowest BCUT2D eigenvalue weighted by atomic mass is 10.1. The quantitative estimate of drug-likeness (QED) is 0.946. The SMILES string of the molecule is Cc1nn(C)c(C)c1C(=O)NC(C)c1ccc(F)c(F)c1. The molecule has 0 radical (unpaired) electrons. The molecule has 21 heavy (non-hydrogen) atoms. The van der Waals surface area contributed by atoms with E-state index >= 15 is 0 Å². The van der Waals surface area contributed by atoms with Crippen molar-refractivity contribution in [2.45, 2.75) is 26.8 Å². The number of benzene rings is 1. The first-order chi connectivity index (χ1) is 9.81. The Morgan fingerprint density at radius 1 is 1.29 bits per heavy atom. The van der Waals surface area contributed by atoms with Crippen LogP contribution in [-0.4, -0.2) is 15.7 Å². The van der Waals surface area contributed by atoms with Crippen LogP contribution >= 0.6 is 0 Å². The summed E-state index contributed by atoms with van der Waals surface area (Å²) in [5, 5.41) is 6.96. The molecule has 0 saturated heterocycles. The van der Waals surface area contributed by atoms with E-state index in [9.17, 15) is 13.6 Å².